The van der Waals surface area contributed by atoms with Crippen molar-refractivity contribution in [3.63, 3.8) is 0 Å². The number of methoxy groups -OCH3 is 1. The minimum Gasteiger partial charge on any atom is -0.383 e. The summed E-state index contributed by atoms with van der Waals surface area (Å²) in [6.45, 7) is 3.27. The van der Waals surface area contributed by atoms with Crippen LogP contribution in [0, 0.1) is 0 Å². The van der Waals surface area contributed by atoms with E-state index in [0.717, 1.165) is 16.6 Å². The summed E-state index contributed by atoms with van der Waals surface area (Å²) < 4.78 is 6.89. The number of nitrogens with zero attached hydrogens (tertiary/aromatic N) is 2. The molecule has 0 aliphatic rings. The highest BCUT2D eigenvalue weighted by Crippen LogP contribution is 2.23. The second-order valence-corrected chi connectivity index (χ2v) is 6.13. The van der Waals surface area contributed by atoms with Crippen molar-refractivity contribution >= 4 is 22.9 Å². The number of nitrogens with one attached hydrogen (secondary N) is 2. The van der Waals surface area contributed by atoms with Crippen LogP contribution in [0.25, 0.3) is 11.0 Å². The molecule has 0 spiro atoms. The molecular formula is C20H24N4O2. The minimum absolute atomic E-state index is 0.0689. The molecule has 2 aromatic carbocycles. The van der Waals surface area contributed by atoms with E-state index in [-0.39, 0.29) is 18.5 Å². The van der Waals surface area contributed by atoms with Crippen molar-refractivity contribution in [2.45, 2.75) is 19.5 Å². The summed E-state index contributed by atoms with van der Waals surface area (Å²) in [5.74, 6) is 0.616. The molecule has 0 fully saturated rings. The minimum atomic E-state index is -0.0689. The number of hydrogen-bond donors (Lipinski definition) is 2. The van der Waals surface area contributed by atoms with Crippen LogP contribution in [0.2, 0.25) is 0 Å². The van der Waals surface area contributed by atoms with Crippen molar-refractivity contribution in [1.29, 1.82) is 0 Å². The number of fused-ring (bicyclic) bond motifs is 1. The predicted octanol–water partition coefficient (Wildman–Crippen LogP) is 2.97. The SMILES string of the molecule is COCCNC(=O)Cn1c(N[C@@H](C)c2ccccc2)nc2ccccc21. The number of rotatable bonds is 8. The average molecular weight is 352 g/mol. The van der Waals surface area contributed by atoms with Gasteiger partial charge in [0.25, 0.3) is 0 Å². The molecule has 26 heavy (non-hydrogen) atoms. The summed E-state index contributed by atoms with van der Waals surface area (Å²) in [6.07, 6.45) is 0. The van der Waals surface area contributed by atoms with Gasteiger partial charge < -0.3 is 19.9 Å². The van der Waals surface area contributed by atoms with Crippen LogP contribution in [-0.2, 0) is 16.1 Å². The molecule has 0 radical (unpaired) electrons. The first-order valence-electron chi connectivity index (χ1n) is 8.71. The highest BCUT2D eigenvalue weighted by molar-refractivity contribution is 5.83. The number of carbonyl (C=O) groups excluding carboxylic acids is 1. The largest absolute Gasteiger partial charge is 0.383 e. The molecule has 0 aliphatic carbocycles. The lowest BCUT2D eigenvalue weighted by Gasteiger charge is -2.16. The van der Waals surface area contributed by atoms with Crippen LogP contribution in [0.1, 0.15) is 18.5 Å². The van der Waals surface area contributed by atoms with Crippen LogP contribution < -0.4 is 10.6 Å². The summed E-state index contributed by atoms with van der Waals surface area (Å²) in [5, 5.41) is 6.29. The van der Waals surface area contributed by atoms with E-state index in [1.54, 1.807) is 7.11 Å². The van der Waals surface area contributed by atoms with Crippen LogP contribution in [-0.4, -0.2) is 35.7 Å². The standard InChI is InChI=1S/C20H24N4O2/c1-15(16-8-4-3-5-9-16)22-20-23-17-10-6-7-11-18(17)24(20)14-19(25)21-12-13-26-2/h3-11,15H,12-14H2,1-2H3,(H,21,25)(H,22,23)/t15-/m0/s1. The number of benzene rings is 2. The van der Waals surface area contributed by atoms with Gasteiger partial charge in [0.05, 0.1) is 23.7 Å². The van der Waals surface area contributed by atoms with Crippen molar-refractivity contribution in [3.05, 3.63) is 60.2 Å². The molecule has 136 valence electrons. The van der Waals surface area contributed by atoms with Crippen molar-refractivity contribution in [2.75, 3.05) is 25.6 Å². The molecule has 2 N–H and O–H groups in total. The third-order valence-corrected chi connectivity index (χ3v) is 4.23. The molecule has 0 aliphatic heterocycles. The summed E-state index contributed by atoms with van der Waals surface area (Å²) in [6, 6.07) is 18.1. The first-order valence-corrected chi connectivity index (χ1v) is 8.71. The van der Waals surface area contributed by atoms with Gasteiger partial charge in [0.1, 0.15) is 6.54 Å². The number of anilines is 1. The molecule has 1 aromatic heterocycles. The van der Waals surface area contributed by atoms with Gasteiger partial charge in [-0.2, -0.15) is 0 Å². The smallest absolute Gasteiger partial charge is 0.240 e. The fourth-order valence-electron chi connectivity index (χ4n) is 2.86. The van der Waals surface area contributed by atoms with Gasteiger partial charge in [0, 0.05) is 13.7 Å². The maximum absolute atomic E-state index is 12.3. The van der Waals surface area contributed by atoms with Crippen molar-refractivity contribution in [3.8, 4) is 0 Å². The summed E-state index contributed by atoms with van der Waals surface area (Å²) in [4.78, 5) is 17.0. The molecule has 0 unspecified atom stereocenters. The predicted molar refractivity (Wildman–Crippen MR) is 103 cm³/mol. The van der Waals surface area contributed by atoms with Gasteiger partial charge in [0.15, 0.2) is 0 Å². The summed E-state index contributed by atoms with van der Waals surface area (Å²) in [7, 11) is 1.61. The van der Waals surface area contributed by atoms with E-state index in [4.69, 9.17) is 4.74 Å². The van der Waals surface area contributed by atoms with Crippen molar-refractivity contribution in [1.82, 2.24) is 14.9 Å². The molecule has 3 aromatic rings. The number of aromatic nitrogens is 2. The Morgan fingerprint density at radius 1 is 1.15 bits per heavy atom. The second kappa shape index (κ2) is 8.49. The Hall–Kier alpha value is -2.86. The van der Waals surface area contributed by atoms with E-state index >= 15 is 0 Å². The maximum Gasteiger partial charge on any atom is 0.240 e. The molecule has 6 heteroatoms. The van der Waals surface area contributed by atoms with E-state index in [9.17, 15) is 4.79 Å². The van der Waals surface area contributed by atoms with Crippen LogP contribution in [0.5, 0.6) is 0 Å². The Balaban J connectivity index is 1.83. The van der Waals surface area contributed by atoms with Crippen molar-refractivity contribution < 1.29 is 9.53 Å². The molecule has 0 bridgehead atoms. The Bertz CT molecular complexity index is 861. The number of carbonyl (C=O) groups is 1. The fourth-order valence-corrected chi connectivity index (χ4v) is 2.86. The number of amides is 1. The van der Waals surface area contributed by atoms with Gasteiger partial charge in [-0.05, 0) is 24.6 Å². The molecule has 6 nitrogen and oxygen atoms in total. The van der Waals surface area contributed by atoms with Crippen LogP contribution >= 0.6 is 0 Å². The normalized spacial score (nSPS) is 12.1. The highest BCUT2D eigenvalue weighted by Gasteiger charge is 2.15. The zero-order chi connectivity index (χ0) is 18.4. The number of imidazole rings is 1. The van der Waals surface area contributed by atoms with Crippen LogP contribution in [0.3, 0.4) is 0 Å². The monoisotopic (exact) mass is 352 g/mol. The Labute approximate surface area is 153 Å². The molecular weight excluding hydrogens is 328 g/mol. The Kier molecular flexibility index (Phi) is 5.86. The average Bonchev–Trinajstić information content (AvgIpc) is 3.00. The van der Waals surface area contributed by atoms with Crippen LogP contribution in [0.4, 0.5) is 5.95 Å². The first kappa shape index (κ1) is 17.9. The van der Waals surface area contributed by atoms with Crippen LogP contribution in [0.15, 0.2) is 54.6 Å². The lowest BCUT2D eigenvalue weighted by Crippen LogP contribution is -2.30. The molecule has 0 saturated carbocycles. The molecule has 1 heterocycles. The van der Waals surface area contributed by atoms with Gasteiger partial charge >= 0.3 is 0 Å². The number of para-hydroxylation sites is 2. The molecule has 0 saturated heterocycles. The molecule has 3 rings (SSSR count). The lowest BCUT2D eigenvalue weighted by atomic mass is 10.1. The Morgan fingerprint density at radius 2 is 1.88 bits per heavy atom. The number of ether oxygens (including phenoxy) is 1. The van der Waals surface area contributed by atoms with E-state index in [2.05, 4.69) is 34.7 Å². The van der Waals surface area contributed by atoms with Gasteiger partial charge in [-0.3, -0.25) is 4.79 Å². The Morgan fingerprint density at radius 3 is 2.65 bits per heavy atom. The van der Waals surface area contributed by atoms with E-state index in [0.29, 0.717) is 19.1 Å². The van der Waals surface area contributed by atoms with Crippen molar-refractivity contribution in [2.24, 2.45) is 0 Å². The third-order valence-electron chi connectivity index (χ3n) is 4.23. The zero-order valence-corrected chi connectivity index (χ0v) is 15.1. The first-order chi connectivity index (χ1) is 12.7. The van der Waals surface area contributed by atoms with Gasteiger partial charge in [-0.15, -0.1) is 0 Å². The summed E-state index contributed by atoms with van der Waals surface area (Å²) in [5.41, 5.74) is 2.95. The quantitative estimate of drug-likeness (QED) is 0.612. The fraction of sp³-hybridized carbons (Fsp3) is 0.300. The van der Waals surface area contributed by atoms with E-state index in [1.165, 1.54) is 0 Å². The highest BCUT2D eigenvalue weighted by atomic mass is 16.5. The van der Waals surface area contributed by atoms with Gasteiger partial charge in [-0.1, -0.05) is 42.5 Å². The molecule has 1 amide bonds. The number of hydrogen-bond acceptors (Lipinski definition) is 4. The zero-order valence-electron chi connectivity index (χ0n) is 15.1. The summed E-state index contributed by atoms with van der Waals surface area (Å²) >= 11 is 0. The lowest BCUT2D eigenvalue weighted by molar-refractivity contribution is -0.121. The van der Waals surface area contributed by atoms with E-state index in [1.807, 2.05) is 47.0 Å². The van der Waals surface area contributed by atoms with E-state index < -0.39 is 0 Å². The topological polar surface area (TPSA) is 68.2 Å². The maximum atomic E-state index is 12.3. The second-order valence-electron chi connectivity index (χ2n) is 6.13. The van der Waals surface area contributed by atoms with Gasteiger partial charge in [0.2, 0.25) is 11.9 Å². The van der Waals surface area contributed by atoms with Gasteiger partial charge in [-0.25, -0.2) is 4.98 Å². The molecule has 1 atom stereocenters. The third kappa shape index (κ3) is 4.21.